The second-order valence-corrected chi connectivity index (χ2v) is 30.7. The first-order valence-electron chi connectivity index (χ1n) is 41.3. The molecule has 0 unspecified atom stereocenters. The van der Waals surface area contributed by atoms with Crippen LogP contribution in [0, 0.1) is 37.5 Å². The summed E-state index contributed by atoms with van der Waals surface area (Å²) in [4.78, 5) is 35.7. The van der Waals surface area contributed by atoms with Crippen molar-refractivity contribution in [3.05, 3.63) is 277 Å². The van der Waals surface area contributed by atoms with Crippen molar-refractivity contribution in [1.29, 1.82) is 0 Å². The molecule has 0 N–H and O–H groups in total. The summed E-state index contributed by atoms with van der Waals surface area (Å²) in [6.45, 7) is 34.8. The topological polar surface area (TPSA) is 198 Å². The molecule has 0 radical (unpaired) electrons. The molecule has 15 rings (SSSR count). The lowest BCUT2D eigenvalue weighted by Gasteiger charge is -2.15. The van der Waals surface area contributed by atoms with Gasteiger partial charge < -0.3 is 70.2 Å². The Balaban J connectivity index is 0.000000147. The highest BCUT2D eigenvalue weighted by Gasteiger charge is 2.21. The van der Waals surface area contributed by atoms with E-state index in [1.807, 2.05) is 208 Å². The van der Waals surface area contributed by atoms with Gasteiger partial charge in [-0.2, -0.15) is 0 Å². The number of benzene rings is 10. The van der Waals surface area contributed by atoms with Crippen LogP contribution in [0.2, 0.25) is 0 Å². The van der Waals surface area contributed by atoms with Gasteiger partial charge >= 0.3 is 5.97 Å². The summed E-state index contributed by atoms with van der Waals surface area (Å²) < 4.78 is 68.9. The van der Waals surface area contributed by atoms with E-state index in [0.717, 1.165) is 163 Å². The van der Waals surface area contributed by atoms with Gasteiger partial charge in [0.25, 0.3) is 0 Å². The Kier molecular flexibility index (Phi) is 30.5. The van der Waals surface area contributed by atoms with Crippen molar-refractivity contribution in [2.75, 3.05) is 33.0 Å². The van der Waals surface area contributed by atoms with Crippen LogP contribution in [0.1, 0.15) is 123 Å². The van der Waals surface area contributed by atoms with E-state index in [9.17, 15) is 4.79 Å². The Morgan fingerprint density at radius 2 is 0.630 bits per heavy atom. The van der Waals surface area contributed by atoms with E-state index in [1.165, 1.54) is 11.1 Å². The fraction of sp³-hybridized carbons (Fsp3) is 0.327. The molecule has 10 aromatic carbocycles. The summed E-state index contributed by atoms with van der Waals surface area (Å²) >= 11 is 0. The Morgan fingerprint density at radius 1 is 0.294 bits per heavy atom. The minimum absolute atomic E-state index is 0.121. The molecule has 620 valence electrons. The summed E-state index contributed by atoms with van der Waals surface area (Å²) in [5.41, 5.74) is 12.4. The first kappa shape index (κ1) is 85.6. The number of esters is 1. The summed E-state index contributed by atoms with van der Waals surface area (Å²) in [6.07, 6.45) is 1.05. The van der Waals surface area contributed by atoms with Crippen LogP contribution in [-0.2, 0) is 68.9 Å². The smallest absolute Gasteiger partial charge is 0.344 e. The molecule has 0 saturated carbocycles. The molecule has 0 bridgehead atoms. The summed E-state index contributed by atoms with van der Waals surface area (Å²) in [7, 11) is 0. The average Bonchev–Trinajstić information content (AvgIpc) is 1.63. The average molecular weight is 1610 g/mol. The van der Waals surface area contributed by atoms with Crippen LogP contribution >= 0.6 is 0 Å². The molecule has 0 fully saturated rings. The third-order valence-corrected chi connectivity index (χ3v) is 19.2. The van der Waals surface area contributed by atoms with Crippen molar-refractivity contribution in [2.24, 2.45) is 23.7 Å². The Bertz CT molecular complexity index is 5590. The lowest BCUT2D eigenvalue weighted by atomic mass is 10.1. The van der Waals surface area contributed by atoms with Crippen molar-refractivity contribution in [3.63, 3.8) is 0 Å². The zero-order chi connectivity index (χ0) is 83.6. The van der Waals surface area contributed by atoms with Crippen molar-refractivity contribution in [1.82, 2.24) is 47.8 Å². The fourth-order valence-electron chi connectivity index (χ4n) is 13.5. The molecule has 21 heteroatoms. The van der Waals surface area contributed by atoms with E-state index in [4.69, 9.17) is 72.3 Å². The lowest BCUT2D eigenvalue weighted by molar-refractivity contribution is -0.145. The number of carbonyl (C=O) groups is 1. The molecule has 5 heterocycles. The Hall–Kier alpha value is -12.8. The molecule has 0 saturated heterocycles. The minimum atomic E-state index is -0.387. The zero-order valence-electron chi connectivity index (χ0n) is 70.9. The van der Waals surface area contributed by atoms with Gasteiger partial charge in [0.05, 0.1) is 81.6 Å². The first-order valence-corrected chi connectivity index (χ1v) is 41.3. The highest BCUT2D eigenvalue weighted by Crippen LogP contribution is 2.31. The maximum absolute atomic E-state index is 11.6. The molecule has 0 aliphatic rings. The number of imidazole rings is 5. The number of carbonyl (C=O) groups excluding carboxylic acids is 1. The summed E-state index contributed by atoms with van der Waals surface area (Å²) in [5, 5.41) is 0. The fourth-order valence-corrected chi connectivity index (χ4v) is 13.5. The second-order valence-electron chi connectivity index (χ2n) is 30.7. The van der Waals surface area contributed by atoms with E-state index in [2.05, 4.69) is 135 Å². The summed E-state index contributed by atoms with van der Waals surface area (Å²) in [5.74, 6) is 13.4. The van der Waals surface area contributed by atoms with E-state index >= 15 is 0 Å². The molecule has 0 spiro atoms. The van der Waals surface area contributed by atoms with E-state index in [1.54, 1.807) is 6.92 Å². The molecule has 21 nitrogen and oxygen atoms in total. The van der Waals surface area contributed by atoms with Gasteiger partial charge in [-0.05, 0) is 192 Å². The van der Waals surface area contributed by atoms with Gasteiger partial charge in [-0.1, -0.05) is 152 Å². The Morgan fingerprint density at radius 3 is 1.04 bits per heavy atom. The molecule has 0 aliphatic heterocycles. The van der Waals surface area contributed by atoms with Crippen molar-refractivity contribution >= 4 is 61.1 Å². The van der Waals surface area contributed by atoms with Crippen LogP contribution in [-0.4, -0.2) is 86.8 Å². The van der Waals surface area contributed by atoms with E-state index in [-0.39, 0.29) is 12.6 Å². The molecule has 0 amide bonds. The zero-order valence-corrected chi connectivity index (χ0v) is 70.9. The lowest BCUT2D eigenvalue weighted by Crippen LogP contribution is -2.16. The predicted molar refractivity (Wildman–Crippen MR) is 471 cm³/mol. The molecule has 15 aromatic rings. The number of para-hydroxylation sites is 6. The number of aromatic nitrogens is 10. The van der Waals surface area contributed by atoms with Gasteiger partial charge in [-0.3, -0.25) is 0 Å². The normalized spacial score (nSPS) is 11.2. The standard InChI is InChI=1S/C29H24N4O2.C24H30N2O5.C24H32N2O2.C21H26N2O2/c1-3-11-22(12-4-1)34-19-28-30-24-15-7-9-17-26(24)32(28)21-33-27-18-10-8-16-25(27)31-29(33)20-35-23-13-5-2-6-14-23;1-5-28-18-8-7-9-19(12-18)30-15-23-25-21-11-10-20(31-16-24(27)29-6-2)13-22(21)26(23)14-17(3)4;1-17(2)12-13-27-21-10-11-22-23(14-21)26(15-18(3)4)24(25-22)16-28-20-8-6-19(5)7-9-20;1-5-24-18-9-10-19-20(12-18)23(13-15(2)3)21(22-19)14-25-17-8-6-7-16(4)11-17/h1-18H,19-21H2;7-13,17H,5-6,14-16H2,1-4H3;6-11,14,17-18H,12-13,15-16H2,1-5H3;6-12,15H,5,13-14H2,1-4H3. The molecular formula is C98H112N10O11. The van der Waals surface area contributed by atoms with Crippen LogP contribution in [0.4, 0.5) is 0 Å². The van der Waals surface area contributed by atoms with E-state index < -0.39 is 0 Å². The van der Waals surface area contributed by atoms with Crippen LogP contribution in [0.25, 0.3) is 55.2 Å². The number of ether oxygens (including phenoxy) is 10. The quantitative estimate of drug-likeness (QED) is 0.0340. The van der Waals surface area contributed by atoms with Crippen LogP contribution < -0.4 is 42.6 Å². The number of fused-ring (bicyclic) bond motifs is 5. The highest BCUT2D eigenvalue weighted by molar-refractivity contribution is 5.81. The molecular weight excluding hydrogens is 1490 g/mol. The largest absolute Gasteiger partial charge is 0.494 e. The van der Waals surface area contributed by atoms with Gasteiger partial charge in [0.2, 0.25) is 0 Å². The third-order valence-electron chi connectivity index (χ3n) is 19.2. The molecule has 0 aliphatic carbocycles. The number of aryl methyl sites for hydroxylation is 2. The van der Waals surface area contributed by atoms with Gasteiger partial charge in [-0.25, -0.2) is 29.7 Å². The van der Waals surface area contributed by atoms with Gasteiger partial charge in [0.15, 0.2) is 6.61 Å². The number of hydrogen-bond acceptors (Lipinski definition) is 16. The van der Waals surface area contributed by atoms with E-state index in [0.29, 0.717) is 88.9 Å². The van der Waals surface area contributed by atoms with Gasteiger partial charge in [0, 0.05) is 43.9 Å². The maximum atomic E-state index is 11.6. The molecule has 5 aromatic heterocycles. The predicted octanol–water partition coefficient (Wildman–Crippen LogP) is 21.6. The van der Waals surface area contributed by atoms with Crippen molar-refractivity contribution in [2.45, 2.75) is 156 Å². The van der Waals surface area contributed by atoms with Gasteiger partial charge in [0.1, 0.15) is 121 Å². The van der Waals surface area contributed by atoms with Crippen molar-refractivity contribution in [3.8, 4) is 51.7 Å². The Labute approximate surface area is 698 Å². The monoisotopic (exact) mass is 1600 g/mol. The SMILES string of the molecule is CCOC(=O)COc1ccc2nc(COc3cccc(OCC)c3)n(CC(C)C)c2c1.CCOc1ccc2nc(COc3cccc(C)c3)n(CC(C)C)c2c1.Cc1ccc(OCc2nc3ccc(OCCC(C)C)cc3n2CC(C)C)cc1.c1ccc(OCc2nc3ccccc3n2Cn2c(COc3ccccc3)nc3ccccc32)cc1. The van der Waals surface area contributed by atoms with Crippen LogP contribution in [0.15, 0.2) is 237 Å². The number of nitrogens with zero attached hydrogens (tertiary/aromatic N) is 10. The molecule has 0 atom stereocenters. The second kappa shape index (κ2) is 42.4. The number of hydrogen-bond donors (Lipinski definition) is 0. The van der Waals surface area contributed by atoms with Gasteiger partial charge in [-0.15, -0.1) is 0 Å². The first-order chi connectivity index (χ1) is 57.8. The third kappa shape index (κ3) is 24.2. The van der Waals surface area contributed by atoms with Crippen LogP contribution in [0.3, 0.4) is 0 Å². The van der Waals surface area contributed by atoms with Crippen LogP contribution in [0.5, 0.6) is 51.7 Å². The highest BCUT2D eigenvalue weighted by atomic mass is 16.6. The molecule has 119 heavy (non-hydrogen) atoms. The minimum Gasteiger partial charge on any atom is -0.494 e. The summed E-state index contributed by atoms with van der Waals surface area (Å²) in [6, 6.07) is 77.7. The maximum Gasteiger partial charge on any atom is 0.344 e. The van der Waals surface area contributed by atoms with Crippen molar-refractivity contribution < 1.29 is 52.2 Å². The number of rotatable bonds is 35.